The Balaban J connectivity index is 1.96. The number of likely N-dealkylation sites (N-methyl/N-ethyl adjacent to an activating group) is 1. The number of imidazole rings is 1. The highest BCUT2D eigenvalue weighted by atomic mass is 15.3. The second-order valence-corrected chi connectivity index (χ2v) is 4.96. The molecule has 0 unspecified atom stereocenters. The van der Waals surface area contributed by atoms with E-state index in [9.17, 15) is 0 Å². The number of anilines is 1. The lowest BCUT2D eigenvalue weighted by Gasteiger charge is -2.21. The summed E-state index contributed by atoms with van der Waals surface area (Å²) >= 11 is 0. The van der Waals surface area contributed by atoms with Gasteiger partial charge in [0.25, 0.3) is 0 Å². The van der Waals surface area contributed by atoms with Crippen LogP contribution in [0.25, 0.3) is 11.2 Å². The molecule has 1 aliphatic rings. The Hall–Kier alpha value is -1.62. The molecule has 0 spiro atoms. The molecule has 2 aromatic rings. The van der Waals surface area contributed by atoms with Crippen LogP contribution in [0.1, 0.15) is 6.42 Å². The van der Waals surface area contributed by atoms with E-state index in [1.54, 1.807) is 0 Å². The van der Waals surface area contributed by atoms with Gasteiger partial charge in [0.2, 0.25) is 5.95 Å². The van der Waals surface area contributed by atoms with Crippen LogP contribution in [0.15, 0.2) is 18.3 Å². The Morgan fingerprint density at radius 3 is 2.83 bits per heavy atom. The van der Waals surface area contributed by atoms with Crippen molar-refractivity contribution < 1.29 is 0 Å². The van der Waals surface area contributed by atoms with E-state index in [0.29, 0.717) is 0 Å². The molecule has 0 aromatic carbocycles. The molecule has 0 bridgehead atoms. The molecule has 5 heteroatoms. The van der Waals surface area contributed by atoms with Crippen molar-refractivity contribution in [2.75, 3.05) is 38.1 Å². The summed E-state index contributed by atoms with van der Waals surface area (Å²) in [7, 11) is 4.23. The summed E-state index contributed by atoms with van der Waals surface area (Å²) in [4.78, 5) is 13.9. The molecule has 96 valence electrons. The van der Waals surface area contributed by atoms with Crippen molar-refractivity contribution in [2.45, 2.75) is 6.42 Å². The predicted molar refractivity (Wildman–Crippen MR) is 72.8 cm³/mol. The highest BCUT2D eigenvalue weighted by Gasteiger charge is 2.18. The Bertz CT molecular complexity index is 547. The van der Waals surface area contributed by atoms with E-state index in [1.807, 2.05) is 25.4 Å². The average Bonchev–Trinajstić information content (AvgIpc) is 2.57. The van der Waals surface area contributed by atoms with E-state index >= 15 is 0 Å². The van der Waals surface area contributed by atoms with Gasteiger partial charge >= 0.3 is 0 Å². The van der Waals surface area contributed by atoms with Crippen molar-refractivity contribution in [1.29, 1.82) is 0 Å². The van der Waals surface area contributed by atoms with Crippen LogP contribution in [-0.2, 0) is 7.05 Å². The summed E-state index contributed by atoms with van der Waals surface area (Å²) in [5.74, 6) is 1.04. The van der Waals surface area contributed by atoms with Gasteiger partial charge in [-0.1, -0.05) is 0 Å². The van der Waals surface area contributed by atoms with Gasteiger partial charge in [-0.05, 0) is 32.1 Å². The van der Waals surface area contributed by atoms with Gasteiger partial charge < -0.3 is 9.80 Å². The molecular formula is C13H19N5. The third-order valence-electron chi connectivity index (χ3n) is 3.61. The molecule has 1 saturated heterocycles. The zero-order chi connectivity index (χ0) is 12.5. The number of hydrogen-bond acceptors (Lipinski definition) is 4. The first kappa shape index (κ1) is 11.5. The Morgan fingerprint density at radius 2 is 2.00 bits per heavy atom. The van der Waals surface area contributed by atoms with Crippen molar-refractivity contribution >= 4 is 17.1 Å². The van der Waals surface area contributed by atoms with Crippen LogP contribution in [0.5, 0.6) is 0 Å². The van der Waals surface area contributed by atoms with E-state index in [4.69, 9.17) is 4.98 Å². The number of pyridine rings is 1. The summed E-state index contributed by atoms with van der Waals surface area (Å²) in [6.45, 7) is 4.37. The predicted octanol–water partition coefficient (Wildman–Crippen LogP) is 1.11. The quantitative estimate of drug-likeness (QED) is 0.754. The highest BCUT2D eigenvalue weighted by Crippen LogP contribution is 2.20. The smallest absolute Gasteiger partial charge is 0.207 e. The van der Waals surface area contributed by atoms with Crippen LogP contribution >= 0.6 is 0 Å². The average molecular weight is 245 g/mol. The van der Waals surface area contributed by atoms with Crippen LogP contribution < -0.4 is 4.90 Å². The van der Waals surface area contributed by atoms with Crippen molar-refractivity contribution in [3.63, 3.8) is 0 Å². The normalized spacial score (nSPS) is 18.2. The first-order valence-corrected chi connectivity index (χ1v) is 6.46. The maximum Gasteiger partial charge on any atom is 0.207 e. The summed E-state index contributed by atoms with van der Waals surface area (Å²) in [5.41, 5.74) is 1.94. The van der Waals surface area contributed by atoms with Gasteiger partial charge in [-0.15, -0.1) is 0 Å². The molecule has 3 heterocycles. The molecule has 0 radical (unpaired) electrons. The molecule has 1 aliphatic heterocycles. The first-order valence-electron chi connectivity index (χ1n) is 6.46. The van der Waals surface area contributed by atoms with Gasteiger partial charge in [0.1, 0.15) is 5.52 Å². The molecular weight excluding hydrogens is 226 g/mol. The number of hydrogen-bond donors (Lipinski definition) is 0. The fraction of sp³-hybridized carbons (Fsp3) is 0.538. The van der Waals surface area contributed by atoms with Gasteiger partial charge in [0, 0.05) is 32.9 Å². The van der Waals surface area contributed by atoms with Crippen molar-refractivity contribution in [1.82, 2.24) is 19.4 Å². The maximum absolute atomic E-state index is 4.71. The zero-order valence-electron chi connectivity index (χ0n) is 11.0. The standard InChI is InChI=1S/C13H19N5/c1-16-7-4-8-18(10-9-16)13-15-11-5-3-6-14-12(11)17(13)2/h3,5-6H,4,7-10H2,1-2H3. The minimum Gasteiger partial charge on any atom is -0.341 e. The molecule has 0 saturated carbocycles. The first-order chi connectivity index (χ1) is 8.75. The third-order valence-corrected chi connectivity index (χ3v) is 3.61. The van der Waals surface area contributed by atoms with Crippen LogP contribution in [0.4, 0.5) is 5.95 Å². The van der Waals surface area contributed by atoms with Crippen LogP contribution in [0, 0.1) is 0 Å². The molecule has 0 amide bonds. The number of rotatable bonds is 1. The van der Waals surface area contributed by atoms with Gasteiger partial charge in [0.15, 0.2) is 5.65 Å². The molecule has 2 aromatic heterocycles. The van der Waals surface area contributed by atoms with Crippen molar-refractivity contribution in [2.24, 2.45) is 7.05 Å². The molecule has 5 nitrogen and oxygen atoms in total. The van der Waals surface area contributed by atoms with Crippen molar-refractivity contribution in [3.8, 4) is 0 Å². The topological polar surface area (TPSA) is 37.2 Å². The molecule has 0 aliphatic carbocycles. The summed E-state index contributed by atoms with van der Waals surface area (Å²) < 4.78 is 2.10. The fourth-order valence-corrected chi connectivity index (χ4v) is 2.54. The summed E-state index contributed by atoms with van der Waals surface area (Å²) in [5, 5.41) is 0. The SMILES string of the molecule is CN1CCCN(c2nc3cccnc3n2C)CC1. The number of nitrogens with zero attached hydrogens (tertiary/aromatic N) is 5. The highest BCUT2D eigenvalue weighted by molar-refractivity contribution is 5.74. The Labute approximate surface area is 107 Å². The third kappa shape index (κ3) is 1.95. The van der Waals surface area contributed by atoms with Crippen LogP contribution in [0.2, 0.25) is 0 Å². The van der Waals surface area contributed by atoms with Gasteiger partial charge in [-0.3, -0.25) is 4.57 Å². The molecule has 0 atom stereocenters. The second-order valence-electron chi connectivity index (χ2n) is 4.96. The largest absolute Gasteiger partial charge is 0.341 e. The van der Waals surface area contributed by atoms with E-state index in [-0.39, 0.29) is 0 Å². The van der Waals surface area contributed by atoms with E-state index in [2.05, 4.69) is 26.4 Å². The molecule has 3 rings (SSSR count). The number of aromatic nitrogens is 3. The number of fused-ring (bicyclic) bond motifs is 1. The Morgan fingerprint density at radius 1 is 1.11 bits per heavy atom. The van der Waals surface area contributed by atoms with E-state index < -0.39 is 0 Å². The van der Waals surface area contributed by atoms with Crippen LogP contribution in [0.3, 0.4) is 0 Å². The Kier molecular flexibility index (Phi) is 2.91. The molecule has 18 heavy (non-hydrogen) atoms. The lowest BCUT2D eigenvalue weighted by atomic mass is 10.4. The van der Waals surface area contributed by atoms with E-state index in [0.717, 1.165) is 36.7 Å². The minimum atomic E-state index is 0.963. The van der Waals surface area contributed by atoms with Gasteiger partial charge in [0.05, 0.1) is 0 Å². The molecule has 1 fully saturated rings. The fourth-order valence-electron chi connectivity index (χ4n) is 2.54. The van der Waals surface area contributed by atoms with E-state index in [1.165, 1.54) is 13.0 Å². The molecule has 0 N–H and O–H groups in total. The van der Waals surface area contributed by atoms with Crippen LogP contribution in [-0.4, -0.2) is 52.7 Å². The summed E-state index contributed by atoms with van der Waals surface area (Å²) in [6.07, 6.45) is 3.01. The zero-order valence-corrected chi connectivity index (χ0v) is 11.0. The number of aryl methyl sites for hydroxylation is 1. The minimum absolute atomic E-state index is 0.963. The second kappa shape index (κ2) is 4.57. The van der Waals surface area contributed by atoms with Crippen molar-refractivity contribution in [3.05, 3.63) is 18.3 Å². The lowest BCUT2D eigenvalue weighted by molar-refractivity contribution is 0.360. The maximum atomic E-state index is 4.71. The monoisotopic (exact) mass is 245 g/mol. The van der Waals surface area contributed by atoms with Gasteiger partial charge in [-0.2, -0.15) is 0 Å². The summed E-state index contributed by atoms with van der Waals surface area (Å²) in [6, 6.07) is 3.96. The van der Waals surface area contributed by atoms with Gasteiger partial charge in [-0.25, -0.2) is 9.97 Å². The lowest BCUT2D eigenvalue weighted by Crippen LogP contribution is -2.30.